The molecule has 0 radical (unpaired) electrons. The normalized spacial score (nSPS) is 11.5. The molecule has 0 amide bonds. The molecule has 0 aliphatic heterocycles. The van der Waals surface area contributed by atoms with Gasteiger partial charge in [0.2, 0.25) is 0 Å². The number of aromatic nitrogens is 3. The summed E-state index contributed by atoms with van der Waals surface area (Å²) in [5.41, 5.74) is 9.01. The largest absolute Gasteiger partial charge is 0.384 e. The molecule has 5 heteroatoms. The van der Waals surface area contributed by atoms with Gasteiger partial charge in [-0.2, -0.15) is 5.10 Å². The highest BCUT2D eigenvalue weighted by Crippen LogP contribution is 2.19. The SMILES string of the molecule is Cn1nc(/C=C/c2ccc(F)cc2)c2nc(N)ccc21. The van der Waals surface area contributed by atoms with Gasteiger partial charge in [0.15, 0.2) is 0 Å². The highest BCUT2D eigenvalue weighted by Gasteiger charge is 2.07. The zero-order chi connectivity index (χ0) is 14.1. The van der Waals surface area contributed by atoms with Crippen molar-refractivity contribution in [2.75, 3.05) is 5.73 Å². The van der Waals surface area contributed by atoms with Crippen molar-refractivity contribution >= 4 is 29.0 Å². The Hall–Kier alpha value is -2.69. The highest BCUT2D eigenvalue weighted by molar-refractivity contribution is 5.87. The summed E-state index contributed by atoms with van der Waals surface area (Å²) in [4.78, 5) is 4.31. The number of benzene rings is 1. The number of anilines is 1. The molecule has 20 heavy (non-hydrogen) atoms. The van der Waals surface area contributed by atoms with Gasteiger partial charge in [0.1, 0.15) is 22.8 Å². The van der Waals surface area contributed by atoms with Crippen LogP contribution in [0.15, 0.2) is 36.4 Å². The lowest BCUT2D eigenvalue weighted by molar-refractivity contribution is 0.628. The highest BCUT2D eigenvalue weighted by atomic mass is 19.1. The summed E-state index contributed by atoms with van der Waals surface area (Å²) >= 11 is 0. The molecule has 4 nitrogen and oxygen atoms in total. The maximum atomic E-state index is 12.8. The van der Waals surface area contributed by atoms with Gasteiger partial charge in [-0.1, -0.05) is 18.2 Å². The Labute approximate surface area is 115 Å². The van der Waals surface area contributed by atoms with Crippen molar-refractivity contribution in [3.63, 3.8) is 0 Å². The smallest absolute Gasteiger partial charge is 0.124 e. The maximum Gasteiger partial charge on any atom is 0.124 e. The number of hydrogen-bond donors (Lipinski definition) is 1. The summed E-state index contributed by atoms with van der Waals surface area (Å²) in [5.74, 6) is 0.210. The average molecular weight is 268 g/mol. The Bertz CT molecular complexity index is 787. The molecule has 1 aromatic carbocycles. The van der Waals surface area contributed by atoms with Crippen LogP contribution in [0.25, 0.3) is 23.2 Å². The molecule has 0 aliphatic carbocycles. The minimum atomic E-state index is -0.250. The van der Waals surface area contributed by atoms with Crippen molar-refractivity contribution in [1.29, 1.82) is 0 Å². The quantitative estimate of drug-likeness (QED) is 0.777. The monoisotopic (exact) mass is 268 g/mol. The second-order valence-electron chi connectivity index (χ2n) is 4.50. The molecule has 2 heterocycles. The zero-order valence-corrected chi connectivity index (χ0v) is 10.9. The third-order valence-electron chi connectivity index (χ3n) is 3.05. The Morgan fingerprint density at radius 1 is 1.10 bits per heavy atom. The van der Waals surface area contributed by atoms with Gasteiger partial charge in [-0.3, -0.25) is 4.68 Å². The molecular formula is C15H13FN4. The fourth-order valence-corrected chi connectivity index (χ4v) is 2.04. The maximum absolute atomic E-state index is 12.8. The van der Waals surface area contributed by atoms with Crippen molar-refractivity contribution in [2.45, 2.75) is 0 Å². The van der Waals surface area contributed by atoms with Gasteiger partial charge in [0.05, 0.1) is 5.52 Å². The first-order valence-corrected chi connectivity index (χ1v) is 6.16. The van der Waals surface area contributed by atoms with Crippen molar-refractivity contribution < 1.29 is 4.39 Å². The van der Waals surface area contributed by atoms with Crippen LogP contribution in [0.2, 0.25) is 0 Å². The fourth-order valence-electron chi connectivity index (χ4n) is 2.04. The summed E-state index contributed by atoms with van der Waals surface area (Å²) < 4.78 is 14.6. The molecule has 0 unspecified atom stereocenters. The molecule has 100 valence electrons. The predicted octanol–water partition coefficient (Wildman–Crippen LogP) is 2.86. The third-order valence-corrected chi connectivity index (χ3v) is 3.05. The van der Waals surface area contributed by atoms with E-state index < -0.39 is 0 Å². The summed E-state index contributed by atoms with van der Waals surface area (Å²) in [6.45, 7) is 0. The van der Waals surface area contributed by atoms with E-state index in [2.05, 4.69) is 10.1 Å². The van der Waals surface area contributed by atoms with Crippen LogP contribution in [-0.2, 0) is 7.05 Å². The number of halogens is 1. The van der Waals surface area contributed by atoms with Crippen molar-refractivity contribution in [3.05, 3.63) is 53.5 Å². The van der Waals surface area contributed by atoms with Crippen LogP contribution in [0.5, 0.6) is 0 Å². The number of pyridine rings is 1. The molecule has 3 aromatic rings. The first-order chi connectivity index (χ1) is 9.63. The number of hydrogen-bond acceptors (Lipinski definition) is 3. The average Bonchev–Trinajstić information content (AvgIpc) is 2.74. The molecule has 2 aromatic heterocycles. The lowest BCUT2D eigenvalue weighted by atomic mass is 10.2. The second-order valence-corrected chi connectivity index (χ2v) is 4.50. The Kier molecular flexibility index (Phi) is 2.95. The molecule has 2 N–H and O–H groups in total. The standard InChI is InChI=1S/C15H13FN4/c1-20-13-8-9-14(17)18-15(13)12(19-20)7-4-10-2-5-11(16)6-3-10/h2-9H,1H3,(H2,17,18)/b7-4+. The minimum absolute atomic E-state index is 0.250. The summed E-state index contributed by atoms with van der Waals surface area (Å²) in [6.07, 6.45) is 3.72. The first kappa shape index (κ1) is 12.3. The fraction of sp³-hybridized carbons (Fsp3) is 0.0667. The van der Waals surface area contributed by atoms with E-state index in [1.807, 2.05) is 25.3 Å². The Morgan fingerprint density at radius 3 is 2.60 bits per heavy atom. The molecule has 0 fully saturated rings. The first-order valence-electron chi connectivity index (χ1n) is 6.16. The molecule has 0 spiro atoms. The number of fused-ring (bicyclic) bond motifs is 1. The van der Waals surface area contributed by atoms with Gasteiger partial charge in [0.25, 0.3) is 0 Å². The predicted molar refractivity (Wildman–Crippen MR) is 78.2 cm³/mol. The number of nitrogen functional groups attached to an aromatic ring is 1. The van der Waals surface area contributed by atoms with Gasteiger partial charge >= 0.3 is 0 Å². The molecule has 0 bridgehead atoms. The van der Waals surface area contributed by atoms with Crippen LogP contribution in [0, 0.1) is 5.82 Å². The van der Waals surface area contributed by atoms with Crippen LogP contribution < -0.4 is 5.73 Å². The Balaban J connectivity index is 2.02. The number of aryl methyl sites for hydroxylation is 1. The zero-order valence-electron chi connectivity index (χ0n) is 10.9. The van der Waals surface area contributed by atoms with Crippen LogP contribution in [0.1, 0.15) is 11.3 Å². The molecule has 3 rings (SSSR count). The van der Waals surface area contributed by atoms with E-state index in [1.54, 1.807) is 22.9 Å². The van der Waals surface area contributed by atoms with Gasteiger partial charge in [-0.05, 0) is 35.9 Å². The van der Waals surface area contributed by atoms with E-state index in [9.17, 15) is 4.39 Å². The lowest BCUT2D eigenvalue weighted by Gasteiger charge is -1.94. The van der Waals surface area contributed by atoms with E-state index in [0.717, 1.165) is 22.3 Å². The van der Waals surface area contributed by atoms with Crippen LogP contribution in [0.4, 0.5) is 10.2 Å². The summed E-state index contributed by atoms with van der Waals surface area (Å²) in [6, 6.07) is 9.90. The van der Waals surface area contributed by atoms with Crippen LogP contribution in [0.3, 0.4) is 0 Å². The van der Waals surface area contributed by atoms with Gasteiger partial charge in [0, 0.05) is 7.05 Å². The number of nitrogens with zero attached hydrogens (tertiary/aromatic N) is 3. The molecule has 0 atom stereocenters. The number of nitrogens with two attached hydrogens (primary N) is 1. The topological polar surface area (TPSA) is 56.7 Å². The van der Waals surface area contributed by atoms with Crippen molar-refractivity contribution in [1.82, 2.24) is 14.8 Å². The third kappa shape index (κ3) is 2.25. The van der Waals surface area contributed by atoms with Crippen molar-refractivity contribution in [2.24, 2.45) is 7.05 Å². The minimum Gasteiger partial charge on any atom is -0.384 e. The van der Waals surface area contributed by atoms with Crippen molar-refractivity contribution in [3.8, 4) is 0 Å². The van der Waals surface area contributed by atoms with E-state index in [0.29, 0.717) is 5.82 Å². The van der Waals surface area contributed by atoms with E-state index in [4.69, 9.17) is 5.73 Å². The molecule has 0 saturated heterocycles. The van der Waals surface area contributed by atoms with Gasteiger partial charge in [-0.25, -0.2) is 9.37 Å². The Morgan fingerprint density at radius 2 is 1.85 bits per heavy atom. The van der Waals surface area contributed by atoms with Crippen LogP contribution in [-0.4, -0.2) is 14.8 Å². The van der Waals surface area contributed by atoms with E-state index >= 15 is 0 Å². The molecular weight excluding hydrogens is 255 g/mol. The van der Waals surface area contributed by atoms with Gasteiger partial charge < -0.3 is 5.73 Å². The summed E-state index contributed by atoms with van der Waals surface area (Å²) in [7, 11) is 1.86. The second kappa shape index (κ2) is 4.77. The van der Waals surface area contributed by atoms with E-state index in [1.165, 1.54) is 12.1 Å². The molecule has 0 saturated carbocycles. The summed E-state index contributed by atoms with van der Waals surface area (Å²) in [5, 5.41) is 4.40. The van der Waals surface area contributed by atoms with Crippen LogP contribution >= 0.6 is 0 Å². The lowest BCUT2D eigenvalue weighted by Crippen LogP contribution is -1.91. The van der Waals surface area contributed by atoms with E-state index in [-0.39, 0.29) is 5.82 Å². The van der Waals surface area contributed by atoms with Gasteiger partial charge in [-0.15, -0.1) is 0 Å². The number of rotatable bonds is 2. The molecule has 0 aliphatic rings.